The molecule has 2 aliphatic heterocycles. The highest BCUT2D eigenvalue weighted by Gasteiger charge is 2.50. The van der Waals surface area contributed by atoms with E-state index >= 15 is 0 Å². The molecule has 16 heteroatoms. The fourth-order valence-electron chi connectivity index (χ4n) is 4.92. The molecule has 3 aromatic rings. The Hall–Kier alpha value is -3.71. The van der Waals surface area contributed by atoms with Gasteiger partial charge in [0.05, 0.1) is 12.7 Å². The number of phenolic OH excluding ortho intramolecular Hbond substituents is 3. The smallest absolute Gasteiger partial charge is 0.238 e. The van der Waals surface area contributed by atoms with Crippen LogP contribution in [-0.4, -0.2) is 119 Å². The van der Waals surface area contributed by atoms with E-state index in [1.807, 2.05) is 0 Å². The SMILES string of the molecule is CC1O[C@@H](Oc2cc(O)c3c(=O)c(O)c(-c4ccc(O)cc4)oc3c2O)C(O)[C@@H](O[C@@H]2OC(CO)[C@@H](O)[C@H](O)C2O)[C@H]1O. The second kappa shape index (κ2) is 11.8. The van der Waals surface area contributed by atoms with E-state index < -0.39 is 113 Å². The molecule has 2 saturated heterocycles. The maximum atomic E-state index is 12.9. The minimum absolute atomic E-state index is 0.109. The summed E-state index contributed by atoms with van der Waals surface area (Å²) in [7, 11) is 0. The monoisotopic (exact) mass is 610 g/mol. The number of benzene rings is 2. The summed E-state index contributed by atoms with van der Waals surface area (Å²) in [5, 5.41) is 102. The molecule has 2 aliphatic rings. The molecule has 10 N–H and O–H groups in total. The quantitative estimate of drug-likeness (QED) is 0.140. The topological polar surface area (TPSA) is 269 Å². The van der Waals surface area contributed by atoms with Crippen molar-refractivity contribution >= 4 is 11.0 Å². The zero-order chi connectivity index (χ0) is 31.3. The number of hydrogen-bond donors (Lipinski definition) is 10. The van der Waals surface area contributed by atoms with Crippen molar-refractivity contribution in [3.05, 3.63) is 40.6 Å². The highest BCUT2D eigenvalue weighted by atomic mass is 16.7. The number of ether oxygens (including phenoxy) is 4. The standard InChI is InChI=1S/C27H30O16/c1-8-15(31)25(43-26-21(37)19(35)16(32)13(7-28)41-26)22(38)27(39-8)40-12-6-11(30)14-18(34)20(36)23(42-24(14)17(12)33)9-2-4-10(29)5-3-9/h2-6,8,13,15-16,19,21-22,25-33,35-38H,7H2,1H3/t8?,13?,15-,16+,19-,21?,22?,25-,26-,27-/m0/s1. The molecule has 0 aliphatic carbocycles. The van der Waals surface area contributed by atoms with Crippen molar-refractivity contribution < 1.29 is 74.4 Å². The number of aromatic hydroxyl groups is 4. The van der Waals surface area contributed by atoms with Gasteiger partial charge in [-0.15, -0.1) is 0 Å². The van der Waals surface area contributed by atoms with Crippen LogP contribution in [0.4, 0.5) is 0 Å². The molecule has 0 spiro atoms. The van der Waals surface area contributed by atoms with Crippen LogP contribution in [-0.2, 0) is 14.2 Å². The van der Waals surface area contributed by atoms with Crippen molar-refractivity contribution in [2.45, 2.75) is 68.3 Å². The number of rotatable bonds is 6. The van der Waals surface area contributed by atoms with Gasteiger partial charge in [0.2, 0.25) is 23.2 Å². The van der Waals surface area contributed by atoms with Crippen LogP contribution in [0.1, 0.15) is 6.92 Å². The molecule has 0 amide bonds. The fourth-order valence-corrected chi connectivity index (χ4v) is 4.92. The molecule has 16 nitrogen and oxygen atoms in total. The summed E-state index contributed by atoms with van der Waals surface area (Å²) < 4.78 is 27.5. The van der Waals surface area contributed by atoms with Gasteiger partial charge >= 0.3 is 0 Å². The van der Waals surface area contributed by atoms with Crippen LogP contribution in [0.5, 0.6) is 28.7 Å². The van der Waals surface area contributed by atoms with Crippen LogP contribution >= 0.6 is 0 Å². The van der Waals surface area contributed by atoms with Gasteiger partial charge in [0.15, 0.2) is 23.4 Å². The third kappa shape index (κ3) is 5.44. The molecule has 0 bridgehead atoms. The van der Waals surface area contributed by atoms with Crippen LogP contribution in [0.15, 0.2) is 39.5 Å². The van der Waals surface area contributed by atoms with Gasteiger partial charge in [-0.05, 0) is 31.2 Å². The summed E-state index contributed by atoms with van der Waals surface area (Å²) in [5.74, 6) is -3.58. The third-order valence-electron chi connectivity index (χ3n) is 7.35. The molecule has 43 heavy (non-hydrogen) atoms. The first kappa shape index (κ1) is 30.7. The van der Waals surface area contributed by atoms with Gasteiger partial charge in [0, 0.05) is 11.6 Å². The predicted octanol–water partition coefficient (Wildman–Crippen LogP) is -1.69. The minimum Gasteiger partial charge on any atom is -0.508 e. The molecule has 0 saturated carbocycles. The summed E-state index contributed by atoms with van der Waals surface area (Å²) >= 11 is 0. The molecule has 10 atom stereocenters. The Bertz CT molecular complexity index is 1520. The Kier molecular flexibility index (Phi) is 8.41. The first-order chi connectivity index (χ1) is 20.3. The van der Waals surface area contributed by atoms with Crippen molar-refractivity contribution in [3.8, 4) is 40.1 Å². The second-order valence-electron chi connectivity index (χ2n) is 10.2. The maximum Gasteiger partial charge on any atom is 0.238 e. The largest absolute Gasteiger partial charge is 0.508 e. The fraction of sp³-hybridized carbons (Fsp3) is 0.444. The van der Waals surface area contributed by atoms with Gasteiger partial charge in [0.1, 0.15) is 59.6 Å². The van der Waals surface area contributed by atoms with Gasteiger partial charge in [-0.3, -0.25) is 4.79 Å². The Morgan fingerprint density at radius 3 is 2.14 bits per heavy atom. The van der Waals surface area contributed by atoms with E-state index in [1.165, 1.54) is 31.2 Å². The van der Waals surface area contributed by atoms with E-state index in [2.05, 4.69) is 0 Å². The van der Waals surface area contributed by atoms with Crippen LogP contribution in [0.3, 0.4) is 0 Å². The van der Waals surface area contributed by atoms with Crippen molar-refractivity contribution in [2.24, 2.45) is 0 Å². The van der Waals surface area contributed by atoms with E-state index in [1.54, 1.807) is 0 Å². The highest BCUT2D eigenvalue weighted by Crippen LogP contribution is 2.43. The van der Waals surface area contributed by atoms with Crippen LogP contribution in [0.2, 0.25) is 0 Å². The lowest BCUT2D eigenvalue weighted by molar-refractivity contribution is -0.350. The average Bonchev–Trinajstić information content (AvgIpc) is 2.98. The number of phenols is 3. The Morgan fingerprint density at radius 1 is 0.814 bits per heavy atom. The zero-order valence-corrected chi connectivity index (χ0v) is 22.3. The molecular weight excluding hydrogens is 580 g/mol. The van der Waals surface area contributed by atoms with Crippen molar-refractivity contribution in [3.63, 3.8) is 0 Å². The summed E-state index contributed by atoms with van der Waals surface area (Å²) in [6, 6.07) is 5.97. The molecular formula is C27H30O16. The Morgan fingerprint density at radius 2 is 1.49 bits per heavy atom. The molecule has 2 aromatic carbocycles. The molecule has 0 radical (unpaired) electrons. The molecule has 1 aromatic heterocycles. The maximum absolute atomic E-state index is 12.9. The lowest BCUT2D eigenvalue weighted by Gasteiger charge is -2.45. The Balaban J connectivity index is 1.46. The average molecular weight is 611 g/mol. The zero-order valence-electron chi connectivity index (χ0n) is 22.3. The van der Waals surface area contributed by atoms with E-state index in [9.17, 15) is 55.9 Å². The summed E-state index contributed by atoms with van der Waals surface area (Å²) in [6.07, 6.45) is -16.3. The summed E-state index contributed by atoms with van der Waals surface area (Å²) in [4.78, 5) is 12.9. The minimum atomic E-state index is -1.88. The van der Waals surface area contributed by atoms with E-state index in [0.717, 1.165) is 6.07 Å². The van der Waals surface area contributed by atoms with Gasteiger partial charge in [-0.2, -0.15) is 0 Å². The van der Waals surface area contributed by atoms with E-state index in [-0.39, 0.29) is 11.3 Å². The number of hydrogen-bond acceptors (Lipinski definition) is 16. The van der Waals surface area contributed by atoms with Gasteiger partial charge < -0.3 is 74.4 Å². The first-order valence-electron chi connectivity index (χ1n) is 13.0. The van der Waals surface area contributed by atoms with E-state index in [0.29, 0.717) is 0 Å². The third-order valence-corrected chi connectivity index (χ3v) is 7.35. The number of fused-ring (bicyclic) bond motifs is 1. The lowest BCUT2D eigenvalue weighted by atomic mass is 9.97. The molecule has 2 fully saturated rings. The molecule has 5 rings (SSSR count). The van der Waals surface area contributed by atoms with Gasteiger partial charge in [-0.1, -0.05) is 0 Å². The van der Waals surface area contributed by atoms with Crippen LogP contribution in [0.25, 0.3) is 22.3 Å². The van der Waals surface area contributed by atoms with Crippen molar-refractivity contribution in [2.75, 3.05) is 6.61 Å². The van der Waals surface area contributed by atoms with Gasteiger partial charge in [-0.25, -0.2) is 0 Å². The Labute approximate surface area is 241 Å². The van der Waals surface area contributed by atoms with Crippen LogP contribution < -0.4 is 10.2 Å². The predicted molar refractivity (Wildman–Crippen MR) is 140 cm³/mol. The van der Waals surface area contributed by atoms with Crippen molar-refractivity contribution in [1.29, 1.82) is 0 Å². The molecule has 234 valence electrons. The second-order valence-corrected chi connectivity index (χ2v) is 10.2. The van der Waals surface area contributed by atoms with Gasteiger partial charge in [0.25, 0.3) is 0 Å². The highest BCUT2D eigenvalue weighted by molar-refractivity contribution is 5.93. The lowest BCUT2D eigenvalue weighted by Crippen LogP contribution is -2.64. The van der Waals surface area contributed by atoms with Crippen molar-refractivity contribution in [1.82, 2.24) is 0 Å². The molecule has 4 unspecified atom stereocenters. The summed E-state index contributed by atoms with van der Waals surface area (Å²) in [6.45, 7) is 0.624. The van der Waals surface area contributed by atoms with Crippen LogP contribution in [0, 0.1) is 0 Å². The number of aliphatic hydroxyl groups is 6. The first-order valence-corrected chi connectivity index (χ1v) is 13.0. The number of aliphatic hydroxyl groups excluding tert-OH is 6. The van der Waals surface area contributed by atoms with E-state index in [4.69, 9.17) is 23.4 Å². The normalized spacial score (nSPS) is 33.0. The molecule has 3 heterocycles. The summed E-state index contributed by atoms with van der Waals surface area (Å²) in [5.41, 5.74) is -1.56.